The number of ketones is 1. The fraction of sp³-hybridized carbons (Fsp3) is 0.500. The Labute approximate surface area is 122 Å². The maximum absolute atomic E-state index is 12.8. The molecule has 21 heavy (non-hydrogen) atoms. The lowest BCUT2D eigenvalue weighted by atomic mass is 9.75. The van der Waals surface area contributed by atoms with Crippen LogP contribution in [-0.2, 0) is 11.2 Å². The number of fused-ring (bicyclic) bond motifs is 2. The molecule has 0 radical (unpaired) electrons. The van der Waals surface area contributed by atoms with Crippen LogP contribution >= 0.6 is 0 Å². The number of carboxylic acid groups (broad SMARTS) is 1. The van der Waals surface area contributed by atoms with Gasteiger partial charge in [0.1, 0.15) is 0 Å². The fourth-order valence-corrected chi connectivity index (χ4v) is 3.43. The van der Waals surface area contributed by atoms with Crippen LogP contribution in [0.25, 0.3) is 0 Å². The van der Waals surface area contributed by atoms with Gasteiger partial charge in [0.2, 0.25) is 6.79 Å². The number of hydrogen-bond donors (Lipinski definition) is 1. The highest BCUT2D eigenvalue weighted by Crippen LogP contribution is 2.47. The summed E-state index contributed by atoms with van der Waals surface area (Å²) in [6.45, 7) is 2.20. The Balaban J connectivity index is 1.94. The summed E-state index contributed by atoms with van der Waals surface area (Å²) in [5.41, 5.74) is 1.03. The van der Waals surface area contributed by atoms with Gasteiger partial charge in [-0.3, -0.25) is 9.59 Å². The molecule has 0 amide bonds. The van der Waals surface area contributed by atoms with Gasteiger partial charge in [0.15, 0.2) is 17.3 Å². The summed E-state index contributed by atoms with van der Waals surface area (Å²) in [6, 6.07) is 3.62. The largest absolute Gasteiger partial charge is 0.481 e. The molecular formula is C16H18O5. The second kappa shape index (κ2) is 5.06. The zero-order valence-corrected chi connectivity index (χ0v) is 12.0. The molecule has 1 aliphatic heterocycles. The van der Waals surface area contributed by atoms with Crippen molar-refractivity contribution in [1.29, 1.82) is 0 Å². The van der Waals surface area contributed by atoms with Crippen LogP contribution in [0.15, 0.2) is 12.1 Å². The molecule has 112 valence electrons. The highest BCUT2D eigenvalue weighted by Gasteiger charge is 2.45. The minimum absolute atomic E-state index is 0.0203. The number of hydrogen-bond acceptors (Lipinski definition) is 4. The molecule has 0 fully saturated rings. The minimum atomic E-state index is -0.858. The van der Waals surface area contributed by atoms with E-state index in [1.54, 1.807) is 6.07 Å². The van der Waals surface area contributed by atoms with E-state index >= 15 is 0 Å². The molecule has 1 N–H and O–H groups in total. The molecular weight excluding hydrogens is 272 g/mol. The summed E-state index contributed by atoms with van der Waals surface area (Å²) in [5.74, 6) is 0.474. The van der Waals surface area contributed by atoms with E-state index in [0.29, 0.717) is 36.3 Å². The lowest BCUT2D eigenvalue weighted by Gasteiger charge is -2.26. The molecule has 3 rings (SSSR count). The van der Waals surface area contributed by atoms with Crippen molar-refractivity contribution in [3.05, 3.63) is 23.3 Å². The third-order valence-corrected chi connectivity index (χ3v) is 4.40. The molecule has 0 spiro atoms. The number of carbonyl (C=O) groups is 2. The summed E-state index contributed by atoms with van der Waals surface area (Å²) < 4.78 is 10.7. The van der Waals surface area contributed by atoms with Gasteiger partial charge >= 0.3 is 5.97 Å². The summed E-state index contributed by atoms with van der Waals surface area (Å²) >= 11 is 0. The molecule has 2 aliphatic rings. The Morgan fingerprint density at radius 3 is 2.67 bits per heavy atom. The summed E-state index contributed by atoms with van der Waals surface area (Å²) in [4.78, 5) is 23.7. The standard InChI is InChI=1S/C16H18O5/c1-2-4-16(5-3-14(17)18)8-10-6-12-13(21-9-20-12)7-11(10)15(16)19/h6-7H,2-5,8-9H2,1H3,(H,17,18)/t16-/m0/s1. The number of carbonyl (C=O) groups excluding carboxylic acids is 1. The van der Waals surface area contributed by atoms with E-state index in [-0.39, 0.29) is 19.0 Å². The van der Waals surface area contributed by atoms with Crippen molar-refractivity contribution in [2.75, 3.05) is 6.79 Å². The van der Waals surface area contributed by atoms with Crippen LogP contribution in [0.5, 0.6) is 11.5 Å². The number of ether oxygens (including phenoxy) is 2. The fourth-order valence-electron chi connectivity index (χ4n) is 3.43. The number of Topliss-reactive ketones (excluding diaryl/α,β-unsaturated/α-hetero) is 1. The topological polar surface area (TPSA) is 72.8 Å². The molecule has 0 unspecified atom stereocenters. The zero-order chi connectivity index (χ0) is 15.0. The quantitative estimate of drug-likeness (QED) is 0.902. The van der Waals surface area contributed by atoms with E-state index in [2.05, 4.69) is 0 Å². The van der Waals surface area contributed by atoms with E-state index in [4.69, 9.17) is 14.6 Å². The van der Waals surface area contributed by atoms with Crippen LogP contribution in [0.4, 0.5) is 0 Å². The molecule has 5 nitrogen and oxygen atoms in total. The predicted molar refractivity (Wildman–Crippen MR) is 74.8 cm³/mol. The van der Waals surface area contributed by atoms with Gasteiger partial charge in [-0.2, -0.15) is 0 Å². The van der Waals surface area contributed by atoms with Crippen LogP contribution < -0.4 is 9.47 Å². The molecule has 1 aromatic carbocycles. The van der Waals surface area contributed by atoms with Gasteiger partial charge in [0.25, 0.3) is 0 Å². The third-order valence-electron chi connectivity index (χ3n) is 4.40. The van der Waals surface area contributed by atoms with Crippen molar-refractivity contribution in [1.82, 2.24) is 0 Å². The van der Waals surface area contributed by atoms with Crippen molar-refractivity contribution in [3.63, 3.8) is 0 Å². The molecule has 0 saturated heterocycles. The lowest BCUT2D eigenvalue weighted by molar-refractivity contribution is -0.137. The van der Waals surface area contributed by atoms with Crippen molar-refractivity contribution in [2.24, 2.45) is 5.41 Å². The number of benzene rings is 1. The first-order valence-corrected chi connectivity index (χ1v) is 7.25. The second-order valence-corrected chi connectivity index (χ2v) is 5.79. The lowest BCUT2D eigenvalue weighted by Crippen LogP contribution is -2.29. The minimum Gasteiger partial charge on any atom is -0.481 e. The maximum atomic E-state index is 12.8. The number of carboxylic acids is 1. The average Bonchev–Trinajstić information content (AvgIpc) is 2.99. The monoisotopic (exact) mass is 290 g/mol. The van der Waals surface area contributed by atoms with Crippen LogP contribution in [0.1, 0.15) is 48.5 Å². The van der Waals surface area contributed by atoms with E-state index in [9.17, 15) is 9.59 Å². The van der Waals surface area contributed by atoms with Gasteiger partial charge in [-0.15, -0.1) is 0 Å². The van der Waals surface area contributed by atoms with Crippen molar-refractivity contribution >= 4 is 11.8 Å². The number of rotatable bonds is 5. The molecule has 1 aliphatic carbocycles. The van der Waals surface area contributed by atoms with Crippen LogP contribution in [0.3, 0.4) is 0 Å². The molecule has 5 heteroatoms. The van der Waals surface area contributed by atoms with Crippen LogP contribution in [0.2, 0.25) is 0 Å². The summed E-state index contributed by atoms with van der Waals surface area (Å²) in [7, 11) is 0. The first-order valence-electron chi connectivity index (χ1n) is 7.25. The van der Waals surface area contributed by atoms with Gasteiger partial charge in [-0.25, -0.2) is 0 Å². The molecule has 1 heterocycles. The van der Waals surface area contributed by atoms with Gasteiger partial charge in [0.05, 0.1) is 0 Å². The zero-order valence-electron chi connectivity index (χ0n) is 12.0. The summed E-state index contributed by atoms with van der Waals surface area (Å²) in [5, 5.41) is 8.94. The third kappa shape index (κ3) is 2.26. The Morgan fingerprint density at radius 2 is 2.00 bits per heavy atom. The smallest absolute Gasteiger partial charge is 0.303 e. The molecule has 1 aromatic rings. The Bertz CT molecular complexity index is 607. The Morgan fingerprint density at radius 1 is 1.29 bits per heavy atom. The van der Waals surface area contributed by atoms with Gasteiger partial charge in [-0.1, -0.05) is 13.3 Å². The van der Waals surface area contributed by atoms with Gasteiger partial charge in [-0.05, 0) is 37.0 Å². The Kier molecular flexibility index (Phi) is 3.35. The predicted octanol–water partition coefficient (Wildman–Crippen LogP) is 2.81. The number of aliphatic carboxylic acids is 1. The maximum Gasteiger partial charge on any atom is 0.303 e. The van der Waals surface area contributed by atoms with Gasteiger partial charge < -0.3 is 14.6 Å². The van der Waals surface area contributed by atoms with E-state index in [0.717, 1.165) is 12.0 Å². The van der Waals surface area contributed by atoms with Crippen molar-refractivity contribution in [3.8, 4) is 11.5 Å². The Hall–Kier alpha value is -2.04. The molecule has 1 atom stereocenters. The van der Waals surface area contributed by atoms with Crippen molar-refractivity contribution in [2.45, 2.75) is 39.0 Å². The van der Waals surface area contributed by atoms with E-state index in [1.165, 1.54) is 0 Å². The normalized spacial score (nSPS) is 22.4. The molecule has 0 aromatic heterocycles. The van der Waals surface area contributed by atoms with E-state index < -0.39 is 11.4 Å². The van der Waals surface area contributed by atoms with E-state index in [1.807, 2.05) is 13.0 Å². The highest BCUT2D eigenvalue weighted by atomic mass is 16.7. The summed E-state index contributed by atoms with van der Waals surface area (Å²) in [6.07, 6.45) is 2.56. The molecule has 0 saturated carbocycles. The first kappa shape index (κ1) is 13.9. The van der Waals surface area contributed by atoms with Crippen molar-refractivity contribution < 1.29 is 24.2 Å². The molecule has 0 bridgehead atoms. The second-order valence-electron chi connectivity index (χ2n) is 5.79. The van der Waals surface area contributed by atoms with Crippen LogP contribution in [-0.4, -0.2) is 23.7 Å². The van der Waals surface area contributed by atoms with Gasteiger partial charge in [0, 0.05) is 17.4 Å². The average molecular weight is 290 g/mol. The highest BCUT2D eigenvalue weighted by molar-refractivity contribution is 6.05. The first-order chi connectivity index (χ1) is 10.1. The van der Waals surface area contributed by atoms with Crippen LogP contribution in [0, 0.1) is 5.41 Å². The SMILES string of the molecule is CCC[C@]1(CCC(=O)O)Cc2cc3c(cc2C1=O)OCO3.